The van der Waals surface area contributed by atoms with Crippen LogP contribution in [0.5, 0.6) is 5.75 Å². The molecule has 0 aliphatic heterocycles. The number of rotatable bonds is 7. The minimum atomic E-state index is -2.92. The third kappa shape index (κ3) is 5.58. The van der Waals surface area contributed by atoms with Crippen LogP contribution in [0.3, 0.4) is 0 Å². The van der Waals surface area contributed by atoms with Gasteiger partial charge in [0, 0.05) is 26.3 Å². The largest absolute Gasteiger partial charge is 1.00 e. The normalized spacial score (nSPS) is 10.8. The highest BCUT2D eigenvalue weighted by atomic mass is 35.5. The number of hydrogen-bond acceptors (Lipinski definition) is 4. The SMILES string of the molecule is O=C(O)c1ccccc1Sc1c(-c2ccc(OC(F)F)cc2)nc2ccccc2c1-c1ccccc1.[Cl-]. The van der Waals surface area contributed by atoms with Gasteiger partial charge in [0.05, 0.1) is 16.8 Å². The fraction of sp³-hybridized carbons (Fsp3) is 0.0345. The number of carboxylic acid groups (broad SMARTS) is 1. The molecular weight excluding hydrogens is 516 g/mol. The molecule has 8 heteroatoms. The van der Waals surface area contributed by atoms with Gasteiger partial charge in [0.25, 0.3) is 0 Å². The molecule has 0 unspecified atom stereocenters. The van der Waals surface area contributed by atoms with Gasteiger partial charge in [0.1, 0.15) is 5.75 Å². The molecule has 0 spiro atoms. The second-order valence-electron chi connectivity index (χ2n) is 7.85. The minimum absolute atomic E-state index is 0. The maximum atomic E-state index is 12.7. The zero-order chi connectivity index (χ0) is 25.1. The van der Waals surface area contributed by atoms with Crippen molar-refractivity contribution in [1.82, 2.24) is 4.98 Å². The molecule has 37 heavy (non-hydrogen) atoms. The summed E-state index contributed by atoms with van der Waals surface area (Å²) in [6, 6.07) is 30.7. The van der Waals surface area contributed by atoms with E-state index in [2.05, 4.69) is 4.74 Å². The van der Waals surface area contributed by atoms with E-state index in [-0.39, 0.29) is 23.7 Å². The third-order valence-electron chi connectivity index (χ3n) is 5.59. The third-order valence-corrected chi connectivity index (χ3v) is 6.77. The highest BCUT2D eigenvalue weighted by Gasteiger charge is 2.21. The van der Waals surface area contributed by atoms with Crippen LogP contribution >= 0.6 is 11.8 Å². The Kier molecular flexibility index (Phi) is 8.06. The standard InChI is InChI=1S/C29H19F2NO3S.ClH/c30-29(31)35-20-16-14-19(15-17-20)26-27(36-24-13-7-5-11-22(24)28(33)34)25(18-8-2-1-3-9-18)21-10-4-6-12-23(21)32-26;/h1-17,29H,(H,33,34);1H/p-1. The lowest BCUT2D eigenvalue weighted by atomic mass is 9.98. The zero-order valence-electron chi connectivity index (χ0n) is 19.1. The molecule has 1 N–H and O–H groups in total. The first kappa shape index (κ1) is 26.1. The maximum absolute atomic E-state index is 12.7. The number of nitrogens with zero attached hydrogens (tertiary/aromatic N) is 1. The van der Waals surface area contributed by atoms with Gasteiger partial charge in [-0.2, -0.15) is 8.78 Å². The second kappa shape index (κ2) is 11.4. The number of halogens is 3. The highest BCUT2D eigenvalue weighted by molar-refractivity contribution is 7.99. The first-order chi connectivity index (χ1) is 17.5. The van der Waals surface area contributed by atoms with E-state index in [4.69, 9.17) is 4.98 Å². The average molecular weight is 535 g/mol. The lowest BCUT2D eigenvalue weighted by Gasteiger charge is -2.18. The summed E-state index contributed by atoms with van der Waals surface area (Å²) in [6.07, 6.45) is 0. The Hall–Kier alpha value is -3.94. The van der Waals surface area contributed by atoms with Crippen LogP contribution in [0.1, 0.15) is 10.4 Å². The highest BCUT2D eigenvalue weighted by Crippen LogP contribution is 2.46. The van der Waals surface area contributed by atoms with Gasteiger partial charge in [0.2, 0.25) is 0 Å². The number of benzene rings is 4. The van der Waals surface area contributed by atoms with Crippen LogP contribution in [-0.4, -0.2) is 22.7 Å². The molecule has 0 aliphatic carbocycles. The van der Waals surface area contributed by atoms with Crippen molar-refractivity contribution >= 4 is 28.6 Å². The van der Waals surface area contributed by atoms with Gasteiger partial charge < -0.3 is 22.3 Å². The number of ether oxygens (including phenoxy) is 1. The van der Waals surface area contributed by atoms with Gasteiger partial charge in [-0.3, -0.25) is 0 Å². The average Bonchev–Trinajstić information content (AvgIpc) is 2.89. The van der Waals surface area contributed by atoms with Crippen LogP contribution in [0, 0.1) is 0 Å². The first-order valence-electron chi connectivity index (χ1n) is 11.0. The Balaban J connectivity index is 0.00000320. The van der Waals surface area contributed by atoms with Gasteiger partial charge >= 0.3 is 12.6 Å². The van der Waals surface area contributed by atoms with E-state index in [0.717, 1.165) is 26.9 Å². The number of aromatic carboxylic acids is 1. The molecular formula is C29H19ClF2NO3S-. The van der Waals surface area contributed by atoms with Crippen LogP contribution in [0.4, 0.5) is 8.78 Å². The molecule has 0 amide bonds. The summed E-state index contributed by atoms with van der Waals surface area (Å²) in [5.74, 6) is -0.980. The Morgan fingerprint density at radius 2 is 1.46 bits per heavy atom. The molecule has 0 aliphatic rings. The number of para-hydroxylation sites is 1. The number of carboxylic acids is 1. The van der Waals surface area contributed by atoms with E-state index in [1.54, 1.807) is 36.4 Å². The molecule has 0 bridgehead atoms. The van der Waals surface area contributed by atoms with Gasteiger partial charge in [0.15, 0.2) is 0 Å². The first-order valence-corrected chi connectivity index (χ1v) is 11.9. The molecule has 5 aromatic rings. The molecule has 0 saturated heterocycles. The Morgan fingerprint density at radius 1 is 0.811 bits per heavy atom. The van der Waals surface area contributed by atoms with E-state index in [0.29, 0.717) is 16.2 Å². The van der Waals surface area contributed by atoms with E-state index in [9.17, 15) is 18.7 Å². The second-order valence-corrected chi connectivity index (χ2v) is 8.91. The number of pyridine rings is 1. The quantitative estimate of drug-likeness (QED) is 0.318. The number of alkyl halides is 2. The van der Waals surface area contributed by atoms with E-state index < -0.39 is 12.6 Å². The monoisotopic (exact) mass is 534 g/mol. The van der Waals surface area contributed by atoms with Crippen molar-refractivity contribution in [1.29, 1.82) is 0 Å². The predicted octanol–water partition coefficient (Wildman–Crippen LogP) is 5.02. The van der Waals surface area contributed by atoms with E-state index in [1.807, 2.05) is 54.6 Å². The summed E-state index contributed by atoms with van der Waals surface area (Å²) in [7, 11) is 0. The summed E-state index contributed by atoms with van der Waals surface area (Å²) in [4.78, 5) is 18.2. The Bertz CT molecular complexity index is 1550. The molecule has 0 atom stereocenters. The lowest BCUT2D eigenvalue weighted by molar-refractivity contribution is -0.0498. The van der Waals surface area contributed by atoms with Crippen molar-refractivity contribution in [3.05, 3.63) is 109 Å². The molecule has 4 aromatic carbocycles. The molecule has 5 rings (SSSR count). The van der Waals surface area contributed by atoms with Crippen molar-refractivity contribution in [2.24, 2.45) is 0 Å². The lowest BCUT2D eigenvalue weighted by Crippen LogP contribution is -3.00. The van der Waals surface area contributed by atoms with Crippen LogP contribution in [0.2, 0.25) is 0 Å². The summed E-state index contributed by atoms with van der Waals surface area (Å²) in [6.45, 7) is -2.92. The van der Waals surface area contributed by atoms with Gasteiger partial charge in [-0.05, 0) is 48.0 Å². The fourth-order valence-electron chi connectivity index (χ4n) is 4.02. The summed E-state index contributed by atoms with van der Waals surface area (Å²) < 4.78 is 29.9. The molecule has 186 valence electrons. The fourth-order valence-corrected chi connectivity index (χ4v) is 5.24. The summed E-state index contributed by atoms with van der Waals surface area (Å²) >= 11 is 1.32. The number of fused-ring (bicyclic) bond motifs is 1. The molecule has 0 radical (unpaired) electrons. The number of carbonyl (C=O) groups is 1. The van der Waals surface area contributed by atoms with Gasteiger partial charge in [-0.25, -0.2) is 9.78 Å². The molecule has 1 aromatic heterocycles. The van der Waals surface area contributed by atoms with Crippen molar-refractivity contribution in [2.45, 2.75) is 16.4 Å². The number of hydrogen-bond donors (Lipinski definition) is 1. The van der Waals surface area contributed by atoms with E-state index >= 15 is 0 Å². The minimum Gasteiger partial charge on any atom is -1.00 e. The van der Waals surface area contributed by atoms with Crippen LogP contribution in [0.25, 0.3) is 33.3 Å². The topological polar surface area (TPSA) is 59.4 Å². The summed E-state index contributed by atoms with van der Waals surface area (Å²) in [5, 5.41) is 10.7. The summed E-state index contributed by atoms with van der Waals surface area (Å²) in [5.41, 5.74) is 4.10. The molecule has 4 nitrogen and oxygen atoms in total. The van der Waals surface area contributed by atoms with Crippen molar-refractivity contribution in [3.8, 4) is 28.1 Å². The van der Waals surface area contributed by atoms with Crippen LogP contribution in [-0.2, 0) is 0 Å². The molecule has 0 saturated carbocycles. The molecule has 0 fully saturated rings. The van der Waals surface area contributed by atoms with Crippen molar-refractivity contribution in [3.63, 3.8) is 0 Å². The Morgan fingerprint density at radius 3 is 2.16 bits per heavy atom. The molecule has 1 heterocycles. The maximum Gasteiger partial charge on any atom is 0.387 e. The van der Waals surface area contributed by atoms with Gasteiger partial charge in [-0.15, -0.1) is 0 Å². The van der Waals surface area contributed by atoms with Gasteiger partial charge in [-0.1, -0.05) is 72.4 Å². The number of aromatic nitrogens is 1. The van der Waals surface area contributed by atoms with Crippen LogP contribution in [0.15, 0.2) is 113 Å². The smallest absolute Gasteiger partial charge is 0.387 e. The van der Waals surface area contributed by atoms with Crippen LogP contribution < -0.4 is 17.1 Å². The predicted molar refractivity (Wildman–Crippen MR) is 137 cm³/mol. The zero-order valence-corrected chi connectivity index (χ0v) is 20.7. The van der Waals surface area contributed by atoms with E-state index in [1.165, 1.54) is 23.9 Å². The van der Waals surface area contributed by atoms with Crippen molar-refractivity contribution < 1.29 is 35.8 Å². The Labute approximate surface area is 222 Å². The van der Waals surface area contributed by atoms with Crippen molar-refractivity contribution in [2.75, 3.05) is 0 Å².